The van der Waals surface area contributed by atoms with Gasteiger partial charge in [0.15, 0.2) is 0 Å². The van der Waals surface area contributed by atoms with Crippen molar-refractivity contribution in [2.24, 2.45) is 5.92 Å². The number of hydrogen-bond acceptors (Lipinski definition) is 4. The molecule has 1 aliphatic rings. The fraction of sp³-hybridized carbons (Fsp3) is 0.571. The van der Waals surface area contributed by atoms with Gasteiger partial charge in [0.05, 0.1) is 11.0 Å². The highest BCUT2D eigenvalue weighted by Crippen LogP contribution is 2.24. The van der Waals surface area contributed by atoms with Crippen molar-refractivity contribution in [3.63, 3.8) is 0 Å². The van der Waals surface area contributed by atoms with Crippen LogP contribution < -0.4 is 9.62 Å². The first-order valence-electron chi connectivity index (χ1n) is 6.97. The highest BCUT2D eigenvalue weighted by molar-refractivity contribution is 7.89. The number of rotatable bonds is 4. The molecule has 0 bridgehead atoms. The summed E-state index contributed by atoms with van der Waals surface area (Å²) in [4.78, 5) is 2.47. The minimum atomic E-state index is -3.39. The Kier molecular flexibility index (Phi) is 4.67. The predicted octanol–water partition coefficient (Wildman–Crippen LogP) is 1.19. The lowest BCUT2D eigenvalue weighted by molar-refractivity contribution is 0.0971. The molecule has 1 heterocycles. The van der Waals surface area contributed by atoms with E-state index in [1.165, 1.54) is 0 Å². The van der Waals surface area contributed by atoms with Crippen molar-refractivity contribution < 1.29 is 13.5 Å². The van der Waals surface area contributed by atoms with Gasteiger partial charge in [-0.2, -0.15) is 0 Å². The fourth-order valence-electron chi connectivity index (χ4n) is 2.48. The van der Waals surface area contributed by atoms with Crippen LogP contribution in [-0.4, -0.2) is 39.3 Å². The number of nitrogens with zero attached hydrogens (tertiary/aromatic N) is 1. The first kappa shape index (κ1) is 15.3. The minimum Gasteiger partial charge on any atom is -0.393 e. The van der Waals surface area contributed by atoms with Crippen molar-refractivity contribution in [3.8, 4) is 0 Å². The Hall–Kier alpha value is -1.11. The zero-order chi connectivity index (χ0) is 14.8. The predicted molar refractivity (Wildman–Crippen MR) is 79.3 cm³/mol. The molecule has 1 saturated heterocycles. The van der Waals surface area contributed by atoms with Gasteiger partial charge in [-0.1, -0.05) is 13.8 Å². The number of benzene rings is 1. The smallest absolute Gasteiger partial charge is 0.240 e. The third-order valence-corrected chi connectivity index (χ3v) is 5.27. The third-order valence-electron chi connectivity index (χ3n) is 3.71. The van der Waals surface area contributed by atoms with E-state index in [-0.39, 0.29) is 16.9 Å². The van der Waals surface area contributed by atoms with Crippen molar-refractivity contribution in [2.45, 2.75) is 31.3 Å². The Morgan fingerprint density at radius 2 is 2.00 bits per heavy atom. The zero-order valence-corrected chi connectivity index (χ0v) is 12.7. The van der Waals surface area contributed by atoms with Crippen molar-refractivity contribution in [3.05, 3.63) is 24.3 Å². The lowest BCUT2D eigenvalue weighted by atomic mass is 9.96. The van der Waals surface area contributed by atoms with E-state index in [0.717, 1.165) is 25.2 Å². The number of nitrogens with one attached hydrogen (secondary N) is 1. The van der Waals surface area contributed by atoms with Crippen LogP contribution >= 0.6 is 0 Å². The van der Waals surface area contributed by atoms with Crippen LogP contribution in [-0.2, 0) is 10.0 Å². The molecule has 5 nitrogen and oxygen atoms in total. The van der Waals surface area contributed by atoms with E-state index in [1.807, 2.05) is 19.1 Å². The molecule has 0 saturated carbocycles. The summed E-state index contributed by atoms with van der Waals surface area (Å²) < 4.78 is 26.2. The van der Waals surface area contributed by atoms with Gasteiger partial charge in [-0.25, -0.2) is 13.1 Å². The molecule has 2 unspecified atom stereocenters. The average Bonchev–Trinajstić information content (AvgIpc) is 2.42. The molecular formula is C14H22N2O3S. The fourth-order valence-corrected chi connectivity index (χ4v) is 3.52. The maximum absolute atomic E-state index is 11.9. The minimum absolute atomic E-state index is 0.230. The van der Waals surface area contributed by atoms with Crippen LogP contribution in [0.2, 0.25) is 0 Å². The summed E-state index contributed by atoms with van der Waals surface area (Å²) in [7, 11) is -3.39. The summed E-state index contributed by atoms with van der Waals surface area (Å²) in [6.07, 6.45) is 0.512. The van der Waals surface area contributed by atoms with E-state index in [4.69, 9.17) is 0 Å². The van der Waals surface area contributed by atoms with E-state index in [0.29, 0.717) is 6.54 Å². The molecule has 1 aliphatic heterocycles. The Bertz CT molecular complexity index is 542. The van der Waals surface area contributed by atoms with E-state index < -0.39 is 10.0 Å². The average molecular weight is 298 g/mol. The number of sulfonamides is 1. The SMILES string of the molecule is CCNS(=O)(=O)c1ccc(N2CCC(O)C(C)C2)cc1. The van der Waals surface area contributed by atoms with E-state index in [9.17, 15) is 13.5 Å². The molecule has 2 atom stereocenters. The molecule has 1 aromatic rings. The molecule has 2 rings (SSSR count). The number of aliphatic hydroxyl groups is 1. The normalized spacial score (nSPS) is 23.9. The van der Waals surface area contributed by atoms with Crippen LogP contribution in [0.4, 0.5) is 5.69 Å². The van der Waals surface area contributed by atoms with Gasteiger partial charge in [-0.05, 0) is 36.6 Å². The second-order valence-corrected chi connectivity index (χ2v) is 7.04. The van der Waals surface area contributed by atoms with Crippen molar-refractivity contribution in [1.29, 1.82) is 0 Å². The molecule has 6 heteroatoms. The van der Waals surface area contributed by atoms with Gasteiger partial charge in [0, 0.05) is 25.3 Å². The maximum Gasteiger partial charge on any atom is 0.240 e. The van der Waals surface area contributed by atoms with E-state index >= 15 is 0 Å². The van der Waals surface area contributed by atoms with Gasteiger partial charge >= 0.3 is 0 Å². The largest absolute Gasteiger partial charge is 0.393 e. The lowest BCUT2D eigenvalue weighted by Crippen LogP contribution is -2.41. The summed E-state index contributed by atoms with van der Waals surface area (Å²) in [5, 5.41) is 9.74. The molecule has 0 amide bonds. The van der Waals surface area contributed by atoms with Gasteiger partial charge in [0.25, 0.3) is 0 Å². The summed E-state index contributed by atoms with van der Waals surface area (Å²) >= 11 is 0. The molecule has 20 heavy (non-hydrogen) atoms. The van der Waals surface area contributed by atoms with E-state index in [2.05, 4.69) is 9.62 Å². The molecule has 2 N–H and O–H groups in total. The second kappa shape index (κ2) is 6.11. The van der Waals surface area contributed by atoms with Gasteiger partial charge < -0.3 is 10.0 Å². The van der Waals surface area contributed by atoms with Gasteiger partial charge in [0.1, 0.15) is 0 Å². The molecule has 0 radical (unpaired) electrons. The van der Waals surface area contributed by atoms with Gasteiger partial charge in [-0.3, -0.25) is 0 Å². The first-order chi connectivity index (χ1) is 9.44. The molecule has 112 valence electrons. The summed E-state index contributed by atoms with van der Waals surface area (Å²) in [5.41, 5.74) is 0.999. The standard InChI is InChI=1S/C14H22N2O3S/c1-3-15-20(18,19)13-6-4-12(5-7-13)16-9-8-14(17)11(2)10-16/h4-7,11,14-15,17H,3,8-10H2,1-2H3. The summed E-state index contributed by atoms with van der Waals surface area (Å²) in [6.45, 7) is 5.75. The van der Waals surface area contributed by atoms with E-state index in [1.54, 1.807) is 19.1 Å². The molecular weight excluding hydrogens is 276 g/mol. The van der Waals surface area contributed by atoms with Gasteiger partial charge in [-0.15, -0.1) is 0 Å². The van der Waals surface area contributed by atoms with Crippen LogP contribution in [0.25, 0.3) is 0 Å². The Morgan fingerprint density at radius 3 is 2.55 bits per heavy atom. The van der Waals surface area contributed by atoms with Crippen LogP contribution in [0.1, 0.15) is 20.3 Å². The number of aliphatic hydroxyl groups excluding tert-OH is 1. The number of anilines is 1. The quantitative estimate of drug-likeness (QED) is 0.876. The highest BCUT2D eigenvalue weighted by Gasteiger charge is 2.24. The van der Waals surface area contributed by atoms with Gasteiger partial charge in [0.2, 0.25) is 10.0 Å². The van der Waals surface area contributed by atoms with Crippen LogP contribution in [0.15, 0.2) is 29.2 Å². The second-order valence-electron chi connectivity index (χ2n) is 5.27. The molecule has 0 aromatic heterocycles. The van der Waals surface area contributed by atoms with Crippen molar-refractivity contribution in [2.75, 3.05) is 24.5 Å². The summed E-state index contributed by atoms with van der Waals surface area (Å²) in [6, 6.07) is 6.91. The lowest BCUT2D eigenvalue weighted by Gasteiger charge is -2.36. The van der Waals surface area contributed by atoms with Crippen molar-refractivity contribution in [1.82, 2.24) is 4.72 Å². The Morgan fingerprint density at radius 1 is 1.35 bits per heavy atom. The number of piperidine rings is 1. The number of hydrogen-bond donors (Lipinski definition) is 2. The molecule has 1 fully saturated rings. The first-order valence-corrected chi connectivity index (χ1v) is 8.45. The summed E-state index contributed by atoms with van der Waals surface area (Å²) in [5.74, 6) is 0.230. The Labute approximate surface area is 120 Å². The monoisotopic (exact) mass is 298 g/mol. The zero-order valence-electron chi connectivity index (χ0n) is 11.9. The molecule has 1 aromatic carbocycles. The third kappa shape index (κ3) is 3.31. The topological polar surface area (TPSA) is 69.6 Å². The van der Waals surface area contributed by atoms with Crippen molar-refractivity contribution >= 4 is 15.7 Å². The molecule has 0 spiro atoms. The van der Waals surface area contributed by atoms with Crippen LogP contribution in [0.3, 0.4) is 0 Å². The Balaban J connectivity index is 2.13. The van der Waals surface area contributed by atoms with Crippen LogP contribution in [0, 0.1) is 5.92 Å². The highest BCUT2D eigenvalue weighted by atomic mass is 32.2. The van der Waals surface area contributed by atoms with Crippen LogP contribution in [0.5, 0.6) is 0 Å². The maximum atomic E-state index is 11.9. The molecule has 0 aliphatic carbocycles.